The summed E-state index contributed by atoms with van der Waals surface area (Å²) in [6.07, 6.45) is 2.29. The van der Waals surface area contributed by atoms with Crippen LogP contribution in [0, 0.1) is 22.9 Å². The Morgan fingerprint density at radius 2 is 2.00 bits per heavy atom. The minimum atomic E-state index is -0.556. The minimum absolute atomic E-state index is 0.163. The molecule has 0 aliphatic heterocycles. The zero-order valence-corrected chi connectivity index (χ0v) is 11.1. The number of rotatable bonds is 4. The van der Waals surface area contributed by atoms with Crippen molar-refractivity contribution < 1.29 is 9.31 Å². The number of anilines is 1. The molecule has 7 heteroatoms. The van der Waals surface area contributed by atoms with Crippen LogP contribution >= 0.6 is 0 Å². The normalized spacial score (nSPS) is 10.3. The van der Waals surface area contributed by atoms with Crippen LogP contribution in [0.25, 0.3) is 0 Å². The van der Waals surface area contributed by atoms with Crippen molar-refractivity contribution >= 4 is 11.6 Å². The van der Waals surface area contributed by atoms with Crippen molar-refractivity contribution in [1.29, 1.82) is 0 Å². The van der Waals surface area contributed by atoms with Gasteiger partial charge in [-0.2, -0.15) is 0 Å². The summed E-state index contributed by atoms with van der Waals surface area (Å²) in [4.78, 5) is 19.5. The maximum Gasteiger partial charge on any atom is 0.305 e. The lowest BCUT2D eigenvalue weighted by atomic mass is 10.1. The number of hydrogen-bond acceptors (Lipinski definition) is 5. The van der Waals surface area contributed by atoms with Crippen LogP contribution in [0.3, 0.4) is 0 Å². The highest BCUT2D eigenvalue weighted by Crippen LogP contribution is 2.15. The van der Waals surface area contributed by atoms with Gasteiger partial charge in [-0.15, -0.1) is 0 Å². The van der Waals surface area contributed by atoms with E-state index in [9.17, 15) is 14.5 Å². The quantitative estimate of drug-likeness (QED) is 0.633. The monoisotopic (exact) mass is 276 g/mol. The topological polar surface area (TPSA) is 72.2 Å². The molecule has 1 aromatic carbocycles. The highest BCUT2D eigenvalue weighted by Gasteiger charge is 2.10. The van der Waals surface area contributed by atoms with Gasteiger partial charge in [-0.3, -0.25) is 10.1 Å². The minimum Gasteiger partial charge on any atom is -0.340 e. The summed E-state index contributed by atoms with van der Waals surface area (Å²) < 4.78 is 13.4. The van der Waals surface area contributed by atoms with Crippen LogP contribution in [-0.2, 0) is 6.54 Å². The van der Waals surface area contributed by atoms with Crippen LogP contribution in [0.15, 0.2) is 30.6 Å². The molecule has 0 aliphatic carbocycles. The second kappa shape index (κ2) is 5.60. The first-order valence-electron chi connectivity index (χ1n) is 5.90. The summed E-state index contributed by atoms with van der Waals surface area (Å²) in [5.74, 6) is 0.0806. The molecule has 1 heterocycles. The highest BCUT2D eigenvalue weighted by atomic mass is 19.1. The van der Waals surface area contributed by atoms with Crippen molar-refractivity contribution in [3.63, 3.8) is 0 Å². The van der Waals surface area contributed by atoms with Crippen molar-refractivity contribution in [2.24, 2.45) is 0 Å². The first kappa shape index (κ1) is 13.9. The van der Waals surface area contributed by atoms with Crippen LogP contribution in [0.1, 0.15) is 11.1 Å². The number of aryl methyl sites for hydroxylation is 1. The Morgan fingerprint density at radius 3 is 2.55 bits per heavy atom. The van der Waals surface area contributed by atoms with E-state index in [0.717, 1.165) is 18.0 Å². The fourth-order valence-corrected chi connectivity index (χ4v) is 1.69. The van der Waals surface area contributed by atoms with Gasteiger partial charge in [0.1, 0.15) is 18.2 Å². The summed E-state index contributed by atoms with van der Waals surface area (Å²) in [5, 5.41) is 10.5. The molecule has 0 saturated heterocycles. The molecule has 6 nitrogen and oxygen atoms in total. The van der Waals surface area contributed by atoms with Gasteiger partial charge >= 0.3 is 5.69 Å². The van der Waals surface area contributed by atoms with Crippen LogP contribution in [0.2, 0.25) is 0 Å². The zero-order chi connectivity index (χ0) is 14.7. The van der Waals surface area contributed by atoms with E-state index in [1.807, 2.05) is 6.07 Å². The molecule has 0 spiro atoms. The molecule has 1 aromatic heterocycles. The first-order chi connectivity index (χ1) is 9.47. The van der Waals surface area contributed by atoms with E-state index in [1.165, 1.54) is 6.07 Å². The maximum atomic E-state index is 13.4. The molecule has 0 atom stereocenters. The second-order valence-electron chi connectivity index (χ2n) is 4.44. The molecule has 0 saturated carbocycles. The van der Waals surface area contributed by atoms with E-state index in [2.05, 4.69) is 9.97 Å². The van der Waals surface area contributed by atoms with E-state index in [-0.39, 0.29) is 11.5 Å². The van der Waals surface area contributed by atoms with Crippen molar-refractivity contribution in [3.05, 3.63) is 57.7 Å². The van der Waals surface area contributed by atoms with Crippen molar-refractivity contribution in [1.82, 2.24) is 9.97 Å². The number of hydrogen-bond donors (Lipinski definition) is 0. The Labute approximate surface area is 115 Å². The van der Waals surface area contributed by atoms with Crippen molar-refractivity contribution in [2.75, 3.05) is 11.9 Å². The Kier molecular flexibility index (Phi) is 3.88. The largest absolute Gasteiger partial charge is 0.340 e. The first-order valence-corrected chi connectivity index (χ1v) is 5.90. The van der Waals surface area contributed by atoms with Gasteiger partial charge < -0.3 is 4.90 Å². The van der Waals surface area contributed by atoms with Crippen molar-refractivity contribution in [3.8, 4) is 0 Å². The second-order valence-corrected chi connectivity index (χ2v) is 4.44. The van der Waals surface area contributed by atoms with Crippen LogP contribution in [0.5, 0.6) is 0 Å². The number of nitrogens with zero attached hydrogens (tertiary/aromatic N) is 4. The SMILES string of the molecule is Cc1ccc(CN(C)c2ncc([N+](=O)[O-])cn2)cc1F. The Balaban J connectivity index is 2.12. The van der Waals surface area contributed by atoms with Gasteiger partial charge in [0.25, 0.3) is 0 Å². The predicted octanol–water partition coefficient (Wildman–Crippen LogP) is 2.47. The summed E-state index contributed by atoms with van der Waals surface area (Å²) in [6, 6.07) is 4.98. The third kappa shape index (κ3) is 3.05. The fourth-order valence-electron chi connectivity index (χ4n) is 1.69. The van der Waals surface area contributed by atoms with Gasteiger partial charge in [0.15, 0.2) is 0 Å². The summed E-state index contributed by atoms with van der Waals surface area (Å²) in [5.41, 5.74) is 1.20. The highest BCUT2D eigenvalue weighted by molar-refractivity contribution is 5.35. The lowest BCUT2D eigenvalue weighted by Crippen LogP contribution is -2.19. The van der Waals surface area contributed by atoms with Gasteiger partial charge in [-0.1, -0.05) is 12.1 Å². The molecule has 2 rings (SSSR count). The van der Waals surface area contributed by atoms with Crippen LogP contribution < -0.4 is 4.90 Å². The van der Waals surface area contributed by atoms with E-state index >= 15 is 0 Å². The Morgan fingerprint density at radius 1 is 1.35 bits per heavy atom. The van der Waals surface area contributed by atoms with Crippen LogP contribution in [-0.4, -0.2) is 21.9 Å². The lowest BCUT2D eigenvalue weighted by molar-refractivity contribution is -0.385. The lowest BCUT2D eigenvalue weighted by Gasteiger charge is -2.16. The summed E-state index contributed by atoms with van der Waals surface area (Å²) in [7, 11) is 1.74. The van der Waals surface area contributed by atoms with Crippen LogP contribution in [0.4, 0.5) is 16.0 Å². The zero-order valence-electron chi connectivity index (χ0n) is 11.1. The molecule has 0 aliphatic rings. The maximum absolute atomic E-state index is 13.4. The third-order valence-corrected chi connectivity index (χ3v) is 2.83. The van der Waals surface area contributed by atoms with Gasteiger partial charge in [0, 0.05) is 13.6 Å². The molecule has 0 fully saturated rings. The number of aromatic nitrogens is 2. The van der Waals surface area contributed by atoms with Gasteiger partial charge in [0.2, 0.25) is 5.95 Å². The Bertz CT molecular complexity index is 631. The average molecular weight is 276 g/mol. The van der Waals surface area contributed by atoms with E-state index < -0.39 is 4.92 Å². The number of benzene rings is 1. The molecule has 0 amide bonds. The fraction of sp³-hybridized carbons (Fsp3) is 0.231. The molecule has 0 unspecified atom stereocenters. The molecule has 2 aromatic rings. The average Bonchev–Trinajstić information content (AvgIpc) is 2.43. The smallest absolute Gasteiger partial charge is 0.305 e. The predicted molar refractivity (Wildman–Crippen MR) is 71.9 cm³/mol. The standard InChI is InChI=1S/C13H13FN4O2/c1-9-3-4-10(5-12(9)14)8-17(2)13-15-6-11(7-16-13)18(19)20/h3-7H,8H2,1-2H3. The molecular formula is C13H13FN4O2. The molecule has 0 bridgehead atoms. The number of halogens is 1. The van der Waals surface area contributed by atoms with Gasteiger partial charge in [-0.25, -0.2) is 14.4 Å². The van der Waals surface area contributed by atoms with Crippen molar-refractivity contribution in [2.45, 2.75) is 13.5 Å². The molecule has 0 radical (unpaired) electrons. The van der Waals surface area contributed by atoms with Gasteiger partial charge in [-0.05, 0) is 24.1 Å². The third-order valence-electron chi connectivity index (χ3n) is 2.83. The molecule has 20 heavy (non-hydrogen) atoms. The summed E-state index contributed by atoms with van der Waals surface area (Å²) >= 11 is 0. The van der Waals surface area contributed by atoms with Gasteiger partial charge in [0.05, 0.1) is 4.92 Å². The van der Waals surface area contributed by atoms with E-state index in [4.69, 9.17) is 0 Å². The Hall–Kier alpha value is -2.57. The molecule has 0 N–H and O–H groups in total. The molecular weight excluding hydrogens is 263 g/mol. The van der Waals surface area contributed by atoms with E-state index in [0.29, 0.717) is 18.1 Å². The van der Waals surface area contributed by atoms with E-state index in [1.54, 1.807) is 24.9 Å². The summed E-state index contributed by atoms with van der Waals surface area (Å²) in [6.45, 7) is 2.11. The molecule has 104 valence electrons. The number of nitro groups is 1.